The molecule has 7 heteroatoms. The van der Waals surface area contributed by atoms with E-state index in [-0.39, 0.29) is 13.0 Å². The van der Waals surface area contributed by atoms with Crippen molar-refractivity contribution in [2.45, 2.75) is 30.9 Å². The van der Waals surface area contributed by atoms with Crippen LogP contribution in [0, 0.1) is 0 Å². The van der Waals surface area contributed by atoms with Crippen molar-refractivity contribution in [3.63, 3.8) is 0 Å². The van der Waals surface area contributed by atoms with E-state index >= 15 is 0 Å². The molecule has 2 heterocycles. The van der Waals surface area contributed by atoms with Gasteiger partial charge in [0.05, 0.1) is 16.6 Å². The molecule has 27 heavy (non-hydrogen) atoms. The fourth-order valence-electron chi connectivity index (χ4n) is 3.72. The highest BCUT2D eigenvalue weighted by molar-refractivity contribution is 5.82. The molecule has 3 aromatic rings. The summed E-state index contributed by atoms with van der Waals surface area (Å²) in [6, 6.07) is 12.5. The number of nitrogens with zero attached hydrogens (tertiary/aromatic N) is 2. The highest BCUT2D eigenvalue weighted by Crippen LogP contribution is 2.43. The number of hydrogen-bond donors (Lipinski definition) is 3. The van der Waals surface area contributed by atoms with Gasteiger partial charge < -0.3 is 16.2 Å². The van der Waals surface area contributed by atoms with Crippen LogP contribution in [0.4, 0.5) is 8.78 Å². The number of hydrogen-bond acceptors (Lipinski definition) is 4. The molecule has 0 spiro atoms. The predicted octanol–water partition coefficient (Wildman–Crippen LogP) is 2.86. The van der Waals surface area contributed by atoms with Crippen molar-refractivity contribution >= 4 is 10.9 Å². The second-order valence-corrected chi connectivity index (χ2v) is 7.31. The van der Waals surface area contributed by atoms with Gasteiger partial charge in [0.2, 0.25) is 0 Å². The molecule has 2 atom stereocenters. The fraction of sp³-hybridized carbons (Fsp3) is 0.350. The van der Waals surface area contributed by atoms with E-state index < -0.39 is 17.6 Å². The van der Waals surface area contributed by atoms with E-state index in [9.17, 15) is 13.9 Å². The number of fused-ring (bicyclic) bond motifs is 1. The molecule has 1 aromatic heterocycles. The van der Waals surface area contributed by atoms with Gasteiger partial charge in [-0.25, -0.2) is 13.5 Å². The van der Waals surface area contributed by atoms with E-state index in [4.69, 9.17) is 5.73 Å². The number of piperidine rings is 1. The Morgan fingerprint density at radius 3 is 2.63 bits per heavy atom. The lowest BCUT2D eigenvalue weighted by Crippen LogP contribution is -2.55. The molecule has 1 aliphatic rings. The number of rotatable bonds is 3. The first kappa shape index (κ1) is 18.0. The van der Waals surface area contributed by atoms with Gasteiger partial charge >= 0.3 is 0 Å². The molecule has 0 saturated carbocycles. The normalized spacial score (nSPS) is 23.4. The second kappa shape index (κ2) is 6.37. The van der Waals surface area contributed by atoms with E-state index in [2.05, 4.69) is 10.4 Å². The summed E-state index contributed by atoms with van der Waals surface area (Å²) in [6.45, 7) is 2.17. The quantitative estimate of drug-likeness (QED) is 0.618. The van der Waals surface area contributed by atoms with E-state index in [0.717, 1.165) is 11.1 Å². The molecule has 1 saturated heterocycles. The van der Waals surface area contributed by atoms with E-state index in [0.29, 0.717) is 23.2 Å². The van der Waals surface area contributed by atoms with Crippen molar-refractivity contribution in [1.82, 2.24) is 15.1 Å². The molecular weight excluding hydrogens is 350 g/mol. The molecule has 2 aromatic carbocycles. The Morgan fingerprint density at radius 1 is 1.22 bits per heavy atom. The Kier molecular flexibility index (Phi) is 4.25. The van der Waals surface area contributed by atoms with Gasteiger partial charge in [-0.2, -0.15) is 5.10 Å². The van der Waals surface area contributed by atoms with Crippen LogP contribution >= 0.6 is 0 Å². The number of benzene rings is 2. The third-order valence-electron chi connectivity index (χ3n) is 5.56. The molecule has 142 valence electrons. The van der Waals surface area contributed by atoms with Crippen molar-refractivity contribution in [3.8, 4) is 5.69 Å². The highest BCUT2D eigenvalue weighted by Gasteiger charge is 2.52. The minimum atomic E-state index is -2.76. The van der Waals surface area contributed by atoms with Crippen molar-refractivity contribution in [1.29, 1.82) is 0 Å². The number of aliphatic hydroxyl groups excluding tert-OH is 1. The summed E-state index contributed by atoms with van der Waals surface area (Å²) in [5.41, 5.74) is 6.87. The van der Waals surface area contributed by atoms with Crippen LogP contribution in [0.1, 0.15) is 30.7 Å². The maximum atomic E-state index is 14.5. The Balaban J connectivity index is 1.71. The first-order valence-electron chi connectivity index (χ1n) is 8.93. The SMILES string of the molecule is C[C@]1(c2ccc(-n3cc4cccc(C(N)O)c4n3)cc2)CNCCC1(F)F. The Bertz CT molecular complexity index is 968. The first-order valence-corrected chi connectivity index (χ1v) is 8.93. The van der Waals surface area contributed by atoms with Crippen molar-refractivity contribution in [2.75, 3.05) is 13.1 Å². The van der Waals surface area contributed by atoms with Gasteiger partial charge in [0.15, 0.2) is 0 Å². The standard InChI is InChI=1S/C20H22F2N4O/c1-19(12-24-10-9-20(19,21)22)14-5-7-15(8-6-14)26-11-13-3-2-4-16(18(23)27)17(13)25-26/h2-8,11,18,24,27H,9-10,12,23H2,1H3/t18?,19-/m1/s1. The third-order valence-corrected chi connectivity index (χ3v) is 5.56. The first-order chi connectivity index (χ1) is 12.8. The van der Waals surface area contributed by atoms with Crippen molar-refractivity contribution in [2.24, 2.45) is 5.73 Å². The minimum Gasteiger partial charge on any atom is -0.374 e. The summed E-state index contributed by atoms with van der Waals surface area (Å²) < 4.78 is 30.7. The molecule has 0 radical (unpaired) electrons. The summed E-state index contributed by atoms with van der Waals surface area (Å²) >= 11 is 0. The van der Waals surface area contributed by atoms with Crippen LogP contribution in [0.25, 0.3) is 16.6 Å². The molecular formula is C20H22F2N4O. The maximum absolute atomic E-state index is 14.5. The zero-order valence-electron chi connectivity index (χ0n) is 15.0. The van der Waals surface area contributed by atoms with E-state index in [1.165, 1.54) is 0 Å². The summed E-state index contributed by atoms with van der Waals surface area (Å²) in [7, 11) is 0. The molecule has 1 fully saturated rings. The number of aromatic nitrogens is 2. The number of halogens is 2. The van der Waals surface area contributed by atoms with Gasteiger partial charge in [-0.05, 0) is 24.6 Å². The fourth-order valence-corrected chi connectivity index (χ4v) is 3.72. The Morgan fingerprint density at radius 2 is 1.96 bits per heavy atom. The molecule has 0 aliphatic carbocycles. The van der Waals surface area contributed by atoms with Gasteiger partial charge in [0.25, 0.3) is 5.92 Å². The molecule has 4 rings (SSSR count). The average molecular weight is 372 g/mol. The Labute approximate surface area is 155 Å². The van der Waals surface area contributed by atoms with E-state index in [1.807, 2.05) is 18.3 Å². The van der Waals surface area contributed by atoms with Crippen LogP contribution in [0.15, 0.2) is 48.7 Å². The number of nitrogens with two attached hydrogens (primary N) is 1. The molecule has 4 N–H and O–H groups in total. The number of aliphatic hydroxyl groups is 1. The van der Waals surface area contributed by atoms with Crippen LogP contribution in [-0.4, -0.2) is 33.9 Å². The number of alkyl halides is 2. The van der Waals surface area contributed by atoms with Gasteiger partial charge in [0, 0.05) is 36.7 Å². The maximum Gasteiger partial charge on any atom is 0.259 e. The van der Waals surface area contributed by atoms with Crippen LogP contribution in [0.2, 0.25) is 0 Å². The molecule has 0 bridgehead atoms. The highest BCUT2D eigenvalue weighted by atomic mass is 19.3. The summed E-state index contributed by atoms with van der Waals surface area (Å²) in [5.74, 6) is -2.76. The summed E-state index contributed by atoms with van der Waals surface area (Å²) in [5, 5.41) is 18.1. The predicted molar refractivity (Wildman–Crippen MR) is 100 cm³/mol. The monoisotopic (exact) mass is 372 g/mol. The number of nitrogens with one attached hydrogen (secondary N) is 1. The third kappa shape index (κ3) is 2.92. The zero-order chi connectivity index (χ0) is 19.2. The Hall–Kier alpha value is -2.35. The smallest absolute Gasteiger partial charge is 0.259 e. The second-order valence-electron chi connectivity index (χ2n) is 7.31. The molecule has 5 nitrogen and oxygen atoms in total. The lowest BCUT2D eigenvalue weighted by atomic mass is 9.73. The molecule has 0 amide bonds. The van der Waals surface area contributed by atoms with Crippen LogP contribution in [0.5, 0.6) is 0 Å². The van der Waals surface area contributed by atoms with E-state index in [1.54, 1.807) is 41.9 Å². The lowest BCUT2D eigenvalue weighted by Gasteiger charge is -2.42. The van der Waals surface area contributed by atoms with Gasteiger partial charge in [-0.1, -0.05) is 30.3 Å². The largest absolute Gasteiger partial charge is 0.374 e. The summed E-state index contributed by atoms with van der Waals surface area (Å²) in [4.78, 5) is 0. The average Bonchev–Trinajstić information content (AvgIpc) is 3.08. The van der Waals surface area contributed by atoms with Crippen molar-refractivity contribution < 1.29 is 13.9 Å². The summed E-state index contributed by atoms with van der Waals surface area (Å²) in [6.07, 6.45) is 0.551. The minimum absolute atomic E-state index is 0.167. The van der Waals surface area contributed by atoms with Gasteiger partial charge in [0.1, 0.15) is 6.23 Å². The van der Waals surface area contributed by atoms with Gasteiger partial charge in [-0.3, -0.25) is 0 Å². The van der Waals surface area contributed by atoms with Crippen LogP contribution in [0.3, 0.4) is 0 Å². The van der Waals surface area contributed by atoms with Crippen LogP contribution in [-0.2, 0) is 5.41 Å². The molecule has 1 aliphatic heterocycles. The lowest BCUT2D eigenvalue weighted by molar-refractivity contribution is -0.0921. The topological polar surface area (TPSA) is 76.1 Å². The zero-order valence-corrected chi connectivity index (χ0v) is 15.0. The molecule has 1 unspecified atom stereocenters. The van der Waals surface area contributed by atoms with Crippen molar-refractivity contribution in [3.05, 3.63) is 59.8 Å². The van der Waals surface area contributed by atoms with Crippen LogP contribution < -0.4 is 11.1 Å². The van der Waals surface area contributed by atoms with Gasteiger partial charge in [-0.15, -0.1) is 0 Å².